The van der Waals surface area contributed by atoms with Crippen molar-refractivity contribution in [2.45, 2.75) is 66.5 Å². The molecular weight excluding hydrogens is 230 g/mol. The summed E-state index contributed by atoms with van der Waals surface area (Å²) < 4.78 is 5.31. The van der Waals surface area contributed by atoms with Crippen molar-refractivity contribution in [1.82, 2.24) is 5.32 Å². The first-order valence-electron chi connectivity index (χ1n) is 6.55. The third kappa shape index (κ3) is 7.30. The van der Waals surface area contributed by atoms with Gasteiger partial charge >= 0.3 is 5.97 Å². The van der Waals surface area contributed by atoms with Crippen LogP contribution in [0, 0.1) is 11.8 Å². The van der Waals surface area contributed by atoms with Crippen LogP contribution in [0.4, 0.5) is 0 Å². The van der Waals surface area contributed by atoms with Crippen LogP contribution in [0.15, 0.2) is 0 Å². The van der Waals surface area contributed by atoms with E-state index in [-0.39, 0.29) is 23.7 Å². The lowest BCUT2D eigenvalue weighted by atomic mass is 10.0. The largest absolute Gasteiger partial charge is 0.458 e. The summed E-state index contributed by atoms with van der Waals surface area (Å²) in [6, 6.07) is -0.574. The predicted molar refractivity (Wildman–Crippen MR) is 72.1 cm³/mol. The summed E-state index contributed by atoms with van der Waals surface area (Å²) in [5.41, 5.74) is -0.535. The quantitative estimate of drug-likeness (QED) is 0.770. The van der Waals surface area contributed by atoms with Gasteiger partial charge in [-0.05, 0) is 32.6 Å². The molecule has 0 aliphatic rings. The molecule has 0 fully saturated rings. The third-order valence-corrected chi connectivity index (χ3v) is 2.24. The van der Waals surface area contributed by atoms with Crippen LogP contribution >= 0.6 is 0 Å². The summed E-state index contributed by atoms with van der Waals surface area (Å²) in [7, 11) is 0. The fraction of sp³-hybridized carbons (Fsp3) is 0.857. The van der Waals surface area contributed by atoms with Crippen LogP contribution in [0.3, 0.4) is 0 Å². The molecule has 1 amide bonds. The van der Waals surface area contributed by atoms with Gasteiger partial charge in [-0.25, -0.2) is 4.79 Å². The molecule has 0 aromatic carbocycles. The van der Waals surface area contributed by atoms with Crippen molar-refractivity contribution < 1.29 is 14.3 Å². The van der Waals surface area contributed by atoms with E-state index >= 15 is 0 Å². The molecular formula is C14H27NO3. The Kier molecular flexibility index (Phi) is 6.36. The van der Waals surface area contributed by atoms with Crippen LogP contribution in [0.1, 0.15) is 54.9 Å². The molecule has 106 valence electrons. The van der Waals surface area contributed by atoms with Gasteiger partial charge in [0.25, 0.3) is 0 Å². The van der Waals surface area contributed by atoms with Gasteiger partial charge in [0.05, 0.1) is 0 Å². The molecule has 1 N–H and O–H groups in total. The number of rotatable bonds is 5. The van der Waals surface area contributed by atoms with Crippen molar-refractivity contribution in [3.8, 4) is 0 Å². The zero-order valence-electron chi connectivity index (χ0n) is 12.7. The highest BCUT2D eigenvalue weighted by Crippen LogP contribution is 2.13. The van der Waals surface area contributed by atoms with E-state index in [4.69, 9.17) is 4.74 Å². The molecule has 0 unspecified atom stereocenters. The van der Waals surface area contributed by atoms with E-state index in [0.29, 0.717) is 6.42 Å². The van der Waals surface area contributed by atoms with Gasteiger partial charge in [-0.2, -0.15) is 0 Å². The van der Waals surface area contributed by atoms with Crippen LogP contribution in [0.5, 0.6) is 0 Å². The zero-order chi connectivity index (χ0) is 14.5. The fourth-order valence-corrected chi connectivity index (χ4v) is 1.47. The van der Waals surface area contributed by atoms with Crippen molar-refractivity contribution in [2.24, 2.45) is 11.8 Å². The molecule has 0 rings (SSSR count). The van der Waals surface area contributed by atoms with E-state index in [0.717, 1.165) is 0 Å². The fourth-order valence-electron chi connectivity index (χ4n) is 1.47. The Morgan fingerprint density at radius 1 is 1.11 bits per heavy atom. The second-order valence-corrected chi connectivity index (χ2v) is 6.42. The highest BCUT2D eigenvalue weighted by molar-refractivity contribution is 5.84. The van der Waals surface area contributed by atoms with Gasteiger partial charge in [-0.15, -0.1) is 0 Å². The molecule has 0 saturated heterocycles. The Balaban J connectivity index is 4.58. The minimum absolute atomic E-state index is 0.0102. The average molecular weight is 257 g/mol. The van der Waals surface area contributed by atoms with E-state index in [2.05, 4.69) is 5.32 Å². The number of ether oxygens (including phenoxy) is 1. The molecule has 0 saturated carbocycles. The molecule has 0 aromatic heterocycles. The number of hydrogen-bond donors (Lipinski definition) is 1. The minimum atomic E-state index is -0.574. The lowest BCUT2D eigenvalue weighted by Crippen LogP contribution is -2.47. The lowest BCUT2D eigenvalue weighted by Gasteiger charge is -2.26. The predicted octanol–water partition coefficient (Wildman–Crippen LogP) is 2.52. The van der Waals surface area contributed by atoms with Gasteiger partial charge in [-0.1, -0.05) is 27.7 Å². The first-order chi connectivity index (χ1) is 8.03. The number of carbonyl (C=O) groups is 2. The normalized spacial score (nSPS) is 13.6. The highest BCUT2D eigenvalue weighted by atomic mass is 16.6. The molecule has 18 heavy (non-hydrogen) atoms. The molecule has 0 aliphatic carbocycles. The first kappa shape index (κ1) is 16.9. The second kappa shape index (κ2) is 6.76. The van der Waals surface area contributed by atoms with E-state index < -0.39 is 11.6 Å². The van der Waals surface area contributed by atoms with Gasteiger partial charge in [0, 0.05) is 6.42 Å². The molecule has 4 nitrogen and oxygen atoms in total. The SMILES string of the molecule is CC(C)CC(=O)N[C@H](C(=O)OC(C)(C)C)C(C)C. The van der Waals surface area contributed by atoms with E-state index in [1.807, 2.05) is 48.5 Å². The molecule has 0 spiro atoms. The molecule has 4 heteroatoms. The minimum Gasteiger partial charge on any atom is -0.458 e. The van der Waals surface area contributed by atoms with Gasteiger partial charge in [0.15, 0.2) is 0 Å². The van der Waals surface area contributed by atoms with E-state index in [1.165, 1.54) is 0 Å². The number of amides is 1. The average Bonchev–Trinajstić information content (AvgIpc) is 2.09. The maximum atomic E-state index is 12.0. The summed E-state index contributed by atoms with van der Waals surface area (Å²) in [4.78, 5) is 23.7. The number of hydrogen-bond acceptors (Lipinski definition) is 3. The van der Waals surface area contributed by atoms with Crippen LogP contribution in [0.2, 0.25) is 0 Å². The topological polar surface area (TPSA) is 55.4 Å². The number of esters is 1. The summed E-state index contributed by atoms with van der Waals surface area (Å²) in [5.74, 6) is -0.184. The molecule has 0 aliphatic heterocycles. The Hall–Kier alpha value is -1.06. The van der Waals surface area contributed by atoms with Crippen LogP contribution in [-0.4, -0.2) is 23.5 Å². The van der Waals surface area contributed by atoms with Crippen LogP contribution in [-0.2, 0) is 14.3 Å². The van der Waals surface area contributed by atoms with Crippen molar-refractivity contribution in [3.05, 3.63) is 0 Å². The van der Waals surface area contributed by atoms with Crippen molar-refractivity contribution in [2.75, 3.05) is 0 Å². The first-order valence-corrected chi connectivity index (χ1v) is 6.55. The molecule has 0 radical (unpaired) electrons. The summed E-state index contributed by atoms with van der Waals surface area (Å²) >= 11 is 0. The van der Waals surface area contributed by atoms with Gasteiger partial charge in [-0.3, -0.25) is 4.79 Å². The van der Waals surface area contributed by atoms with Gasteiger partial charge in [0.1, 0.15) is 11.6 Å². The number of nitrogens with one attached hydrogen (secondary N) is 1. The summed E-state index contributed by atoms with van der Waals surface area (Å²) in [6.07, 6.45) is 0.423. The van der Waals surface area contributed by atoms with Gasteiger partial charge < -0.3 is 10.1 Å². The van der Waals surface area contributed by atoms with Gasteiger partial charge in [0.2, 0.25) is 5.91 Å². The summed E-state index contributed by atoms with van der Waals surface area (Å²) in [5, 5.41) is 2.76. The molecule has 0 heterocycles. The van der Waals surface area contributed by atoms with Crippen molar-refractivity contribution in [1.29, 1.82) is 0 Å². The lowest BCUT2D eigenvalue weighted by molar-refractivity contribution is -0.160. The molecule has 1 atom stereocenters. The van der Waals surface area contributed by atoms with E-state index in [9.17, 15) is 9.59 Å². The smallest absolute Gasteiger partial charge is 0.329 e. The Bertz CT molecular complexity index is 290. The van der Waals surface area contributed by atoms with Crippen LogP contribution < -0.4 is 5.32 Å². The van der Waals surface area contributed by atoms with Crippen molar-refractivity contribution in [3.63, 3.8) is 0 Å². The third-order valence-electron chi connectivity index (χ3n) is 2.24. The standard InChI is InChI=1S/C14H27NO3/c1-9(2)8-11(16)15-12(10(3)4)13(17)18-14(5,6)7/h9-10,12H,8H2,1-7H3,(H,15,16)/t12-/m0/s1. The highest BCUT2D eigenvalue weighted by Gasteiger charge is 2.29. The maximum Gasteiger partial charge on any atom is 0.329 e. The Labute approximate surface area is 110 Å². The monoisotopic (exact) mass is 257 g/mol. The van der Waals surface area contributed by atoms with Crippen molar-refractivity contribution >= 4 is 11.9 Å². The van der Waals surface area contributed by atoms with E-state index in [1.54, 1.807) is 0 Å². The zero-order valence-corrected chi connectivity index (χ0v) is 12.7. The summed E-state index contributed by atoms with van der Waals surface area (Å²) in [6.45, 7) is 13.2. The maximum absolute atomic E-state index is 12.0. The number of carbonyl (C=O) groups excluding carboxylic acids is 2. The van der Waals surface area contributed by atoms with Crippen LogP contribution in [0.25, 0.3) is 0 Å². The Morgan fingerprint density at radius 2 is 1.61 bits per heavy atom. The second-order valence-electron chi connectivity index (χ2n) is 6.42. The Morgan fingerprint density at radius 3 is 1.94 bits per heavy atom. The molecule has 0 aromatic rings. The molecule has 0 bridgehead atoms.